The second-order valence-electron chi connectivity index (χ2n) is 21.6. The van der Waals surface area contributed by atoms with Crippen LogP contribution in [0, 0.1) is 63.6 Å². The van der Waals surface area contributed by atoms with Crippen LogP contribution in [0.4, 0.5) is 0 Å². The van der Waals surface area contributed by atoms with Crippen LogP contribution in [0.3, 0.4) is 0 Å². The molecule has 6 rings (SSSR count). The van der Waals surface area contributed by atoms with E-state index in [1.807, 2.05) is 38.1 Å². The Morgan fingerprint density at radius 1 is 0.909 bits per heavy atom. The van der Waals surface area contributed by atoms with Gasteiger partial charge in [-0.3, -0.25) is 14.4 Å². The molecule has 1 aromatic rings. The van der Waals surface area contributed by atoms with Crippen LogP contribution in [0.25, 0.3) is 0 Å². The molecule has 4 aliphatic carbocycles. The largest absolute Gasteiger partial charge is 0.462 e. The molecule has 1 heterocycles. The highest BCUT2D eigenvalue weighted by Gasteiger charge is 2.67. The number of carbonyl (C=O) groups is 4. The first-order chi connectivity index (χ1) is 25.4. The van der Waals surface area contributed by atoms with Gasteiger partial charge in [0.05, 0.1) is 13.0 Å². The third-order valence-corrected chi connectivity index (χ3v) is 16.1. The summed E-state index contributed by atoms with van der Waals surface area (Å²) in [5, 5.41) is 0. The summed E-state index contributed by atoms with van der Waals surface area (Å²) in [5.74, 6) is 0.117. The van der Waals surface area contributed by atoms with Gasteiger partial charge in [-0.05, 0) is 115 Å². The highest BCUT2D eigenvalue weighted by atomic mass is 16.6. The van der Waals surface area contributed by atoms with Crippen LogP contribution in [0.15, 0.2) is 35.4 Å². The molecule has 304 valence electrons. The number of hydrogen-bond donors (Lipinski definition) is 0. The molecule has 1 aromatic carbocycles. The van der Waals surface area contributed by atoms with Crippen molar-refractivity contribution >= 4 is 23.6 Å². The number of carbonyl (C=O) groups excluding carboxylic acids is 4. The maximum absolute atomic E-state index is 14.4. The second-order valence-corrected chi connectivity index (χ2v) is 21.6. The minimum Gasteiger partial charge on any atom is -0.462 e. The number of esters is 2. The number of benzene rings is 1. The Labute approximate surface area is 332 Å². The van der Waals surface area contributed by atoms with E-state index >= 15 is 0 Å². The van der Waals surface area contributed by atoms with E-state index in [1.165, 1.54) is 5.57 Å². The number of ether oxygens (including phenoxy) is 2. The molecule has 0 radical (unpaired) electrons. The Morgan fingerprint density at radius 3 is 2.15 bits per heavy atom. The van der Waals surface area contributed by atoms with Crippen molar-refractivity contribution in [2.24, 2.45) is 56.7 Å². The molecule has 1 aliphatic heterocycles. The molecule has 0 aromatic heterocycles. The first-order valence-corrected chi connectivity index (χ1v) is 21.5. The maximum Gasteiger partial charge on any atom is 0.397 e. The standard InChI is InChI=1S/C48H71NO6/c1-14-33-32(19-20-36-45(33,10)23-21-35-44(8,9)37(22-24-46(35,36)11)54-38(51)26-43(5,6)7)40-39(29(2)3)34(50)25-47(40,12)48(13)28-49(41(52)42(53)55-48)27-31-17-15-30(4)16-18-31/h15-18,29,32-33,35-37H,14,19-28H2,1-13H3. The molecule has 7 heteroatoms. The summed E-state index contributed by atoms with van der Waals surface area (Å²) in [5.41, 5.74) is 2.30. The molecule has 0 N–H and O–H groups in total. The summed E-state index contributed by atoms with van der Waals surface area (Å²) in [7, 11) is 0. The van der Waals surface area contributed by atoms with Crippen LogP contribution in [0.5, 0.6) is 0 Å². The van der Waals surface area contributed by atoms with Gasteiger partial charge in [0.15, 0.2) is 5.78 Å². The molecule has 0 spiro atoms. The lowest BCUT2D eigenvalue weighted by Gasteiger charge is -2.68. The molecule has 5 aliphatic rings. The van der Waals surface area contributed by atoms with Gasteiger partial charge in [0, 0.05) is 23.8 Å². The Balaban J connectivity index is 1.33. The Bertz CT molecular complexity index is 1730. The molecule has 1 amide bonds. The van der Waals surface area contributed by atoms with E-state index in [9.17, 15) is 19.2 Å². The molecule has 55 heavy (non-hydrogen) atoms. The lowest BCUT2D eigenvalue weighted by Crippen LogP contribution is -2.64. The zero-order valence-electron chi connectivity index (χ0n) is 36.4. The molecule has 9 unspecified atom stereocenters. The predicted octanol–water partition coefficient (Wildman–Crippen LogP) is 10.2. The van der Waals surface area contributed by atoms with Gasteiger partial charge in [0.1, 0.15) is 11.7 Å². The number of ketones is 1. The van der Waals surface area contributed by atoms with Gasteiger partial charge in [0.2, 0.25) is 0 Å². The molecule has 9 atom stereocenters. The van der Waals surface area contributed by atoms with Crippen molar-refractivity contribution in [3.63, 3.8) is 0 Å². The lowest BCUT2D eigenvalue weighted by atomic mass is 9.37. The summed E-state index contributed by atoms with van der Waals surface area (Å²) < 4.78 is 12.6. The second kappa shape index (κ2) is 14.1. The number of aryl methyl sites for hydroxylation is 1. The maximum atomic E-state index is 14.4. The van der Waals surface area contributed by atoms with Crippen LogP contribution in [-0.2, 0) is 35.2 Å². The summed E-state index contributed by atoms with van der Waals surface area (Å²) in [6, 6.07) is 8.07. The Kier molecular flexibility index (Phi) is 10.7. The molecule has 3 saturated carbocycles. The quantitative estimate of drug-likeness (QED) is 0.194. The molecule has 1 saturated heterocycles. The fraction of sp³-hybridized carbons (Fsp3) is 0.750. The van der Waals surface area contributed by atoms with Crippen LogP contribution in [0.2, 0.25) is 0 Å². The first-order valence-electron chi connectivity index (χ1n) is 21.5. The minimum atomic E-state index is -1.07. The van der Waals surface area contributed by atoms with E-state index < -0.39 is 22.9 Å². The molecule has 4 fully saturated rings. The fourth-order valence-corrected chi connectivity index (χ4v) is 13.5. The predicted molar refractivity (Wildman–Crippen MR) is 217 cm³/mol. The number of nitrogens with zero attached hydrogens (tertiary/aromatic N) is 1. The Hall–Kier alpha value is -2.96. The van der Waals surface area contributed by atoms with Crippen molar-refractivity contribution in [3.8, 4) is 0 Å². The van der Waals surface area contributed by atoms with Crippen LogP contribution >= 0.6 is 0 Å². The molecular weight excluding hydrogens is 687 g/mol. The Morgan fingerprint density at radius 2 is 1.55 bits per heavy atom. The van der Waals surface area contributed by atoms with E-state index in [4.69, 9.17) is 9.47 Å². The summed E-state index contributed by atoms with van der Waals surface area (Å²) >= 11 is 0. The van der Waals surface area contributed by atoms with E-state index in [1.54, 1.807) is 4.90 Å². The van der Waals surface area contributed by atoms with Gasteiger partial charge in [-0.1, -0.05) is 112 Å². The summed E-state index contributed by atoms with van der Waals surface area (Å²) in [6.45, 7) is 29.4. The van der Waals surface area contributed by atoms with Crippen LogP contribution in [-0.4, -0.2) is 46.8 Å². The van der Waals surface area contributed by atoms with Crippen molar-refractivity contribution in [2.75, 3.05) is 6.54 Å². The minimum absolute atomic E-state index is 0.0332. The number of rotatable bonds is 8. The first kappa shape index (κ1) is 41.7. The number of allylic oxidation sites excluding steroid dienone is 1. The zero-order valence-corrected chi connectivity index (χ0v) is 36.4. The summed E-state index contributed by atoms with van der Waals surface area (Å²) in [6.07, 6.45) is 7.80. The van der Waals surface area contributed by atoms with Crippen molar-refractivity contribution < 1.29 is 28.7 Å². The van der Waals surface area contributed by atoms with E-state index in [2.05, 4.69) is 76.2 Å². The van der Waals surface area contributed by atoms with Crippen LogP contribution < -0.4 is 0 Å². The van der Waals surface area contributed by atoms with Crippen molar-refractivity contribution in [2.45, 2.75) is 166 Å². The highest BCUT2D eigenvalue weighted by molar-refractivity contribution is 6.33. The SMILES string of the molecule is CCC1C(C2=C(C(C)C)C(=O)CC2(C)C2(C)CN(Cc3ccc(C)cc3)C(=O)C(=O)O2)CCC2C1(C)CCC1C(C)(C)C(OC(=O)CC(C)(C)C)CCC12C. The third-order valence-electron chi connectivity index (χ3n) is 16.1. The van der Waals surface area contributed by atoms with Gasteiger partial charge in [0.25, 0.3) is 0 Å². The number of hydrogen-bond acceptors (Lipinski definition) is 6. The van der Waals surface area contributed by atoms with Gasteiger partial charge >= 0.3 is 17.8 Å². The topological polar surface area (TPSA) is 90.0 Å². The lowest BCUT2D eigenvalue weighted by molar-refractivity contribution is -0.212. The number of fused-ring (bicyclic) bond motifs is 3. The van der Waals surface area contributed by atoms with Gasteiger partial charge in [-0.2, -0.15) is 0 Å². The van der Waals surface area contributed by atoms with Crippen LogP contribution in [0.1, 0.15) is 152 Å². The summed E-state index contributed by atoms with van der Waals surface area (Å²) in [4.78, 5) is 56.0. The van der Waals surface area contributed by atoms with Crippen molar-refractivity contribution in [1.82, 2.24) is 4.90 Å². The van der Waals surface area contributed by atoms with Gasteiger partial charge < -0.3 is 14.4 Å². The van der Waals surface area contributed by atoms with Crippen molar-refractivity contribution in [3.05, 3.63) is 46.5 Å². The normalized spacial score (nSPS) is 37.8. The number of Topliss-reactive ketones (excluding diaryl/α,β-unsaturated/α-hetero) is 1. The number of morpholine rings is 1. The fourth-order valence-electron chi connectivity index (χ4n) is 13.5. The monoisotopic (exact) mass is 758 g/mol. The average Bonchev–Trinajstić information content (AvgIpc) is 3.35. The van der Waals surface area contributed by atoms with Gasteiger partial charge in [-0.15, -0.1) is 0 Å². The smallest absolute Gasteiger partial charge is 0.397 e. The van der Waals surface area contributed by atoms with E-state index in [0.29, 0.717) is 30.7 Å². The molecule has 7 nitrogen and oxygen atoms in total. The number of cyclic esters (lactones) is 1. The highest BCUT2D eigenvalue weighted by Crippen LogP contribution is 2.72. The van der Waals surface area contributed by atoms with E-state index in [0.717, 1.165) is 61.6 Å². The average molecular weight is 758 g/mol. The molecule has 0 bridgehead atoms. The zero-order chi connectivity index (χ0) is 40.7. The van der Waals surface area contributed by atoms with Crippen molar-refractivity contribution in [1.29, 1.82) is 0 Å². The van der Waals surface area contributed by atoms with E-state index in [-0.39, 0.29) is 64.3 Å². The number of amides is 1. The third kappa shape index (κ3) is 6.94. The molecular formula is C48H71NO6. The van der Waals surface area contributed by atoms with Gasteiger partial charge in [-0.25, -0.2) is 4.79 Å².